The summed E-state index contributed by atoms with van der Waals surface area (Å²) in [6.07, 6.45) is 1.61. The molecule has 74 valence electrons. The molecule has 0 aromatic heterocycles. The third kappa shape index (κ3) is 1.39. The molecule has 4 nitrogen and oxygen atoms in total. The van der Waals surface area contributed by atoms with Crippen LogP contribution in [0.3, 0.4) is 0 Å². The number of ketones is 1. The smallest absolute Gasteiger partial charge is 0.173 e. The van der Waals surface area contributed by atoms with Gasteiger partial charge in [-0.25, -0.2) is 0 Å². The van der Waals surface area contributed by atoms with Crippen LogP contribution in [0.2, 0.25) is 0 Å². The Morgan fingerprint density at radius 1 is 1.14 bits per heavy atom. The van der Waals surface area contributed by atoms with Gasteiger partial charge < -0.3 is 15.3 Å². The number of aromatic hydroxyl groups is 3. The maximum atomic E-state index is 11.6. The number of hydrogen-bond acceptors (Lipinski definition) is 4. The number of phenols is 3. The highest BCUT2D eigenvalue weighted by atomic mass is 16.3. The number of rotatable bonds is 2. The molecule has 0 unspecified atom stereocenters. The van der Waals surface area contributed by atoms with Gasteiger partial charge in [-0.15, -0.1) is 0 Å². The fraction of sp³-hybridized carbons (Fsp3) is 0.300. The zero-order valence-electron chi connectivity index (χ0n) is 7.40. The van der Waals surface area contributed by atoms with E-state index < -0.39 is 0 Å². The predicted octanol–water partition coefficient (Wildman–Crippen LogP) is 1.40. The van der Waals surface area contributed by atoms with Crippen LogP contribution in [0.1, 0.15) is 23.2 Å². The molecule has 0 radical (unpaired) electrons. The molecule has 1 fully saturated rings. The van der Waals surface area contributed by atoms with E-state index in [4.69, 9.17) is 5.11 Å². The second kappa shape index (κ2) is 2.90. The Morgan fingerprint density at radius 2 is 1.64 bits per heavy atom. The van der Waals surface area contributed by atoms with Gasteiger partial charge >= 0.3 is 0 Å². The summed E-state index contributed by atoms with van der Waals surface area (Å²) in [6.45, 7) is 0. The van der Waals surface area contributed by atoms with Crippen LogP contribution < -0.4 is 0 Å². The van der Waals surface area contributed by atoms with Crippen molar-refractivity contribution in [2.24, 2.45) is 5.92 Å². The van der Waals surface area contributed by atoms with Crippen LogP contribution in [0.4, 0.5) is 0 Å². The van der Waals surface area contributed by atoms with Crippen molar-refractivity contribution in [3.63, 3.8) is 0 Å². The number of phenolic OH excluding ortho intramolecular Hbond substituents is 3. The molecule has 1 aromatic rings. The molecule has 0 saturated heterocycles. The summed E-state index contributed by atoms with van der Waals surface area (Å²) >= 11 is 0. The monoisotopic (exact) mass is 194 g/mol. The molecule has 14 heavy (non-hydrogen) atoms. The summed E-state index contributed by atoms with van der Waals surface area (Å²) in [5.74, 6) is -1.30. The molecule has 0 heterocycles. The van der Waals surface area contributed by atoms with Gasteiger partial charge in [0.15, 0.2) is 5.78 Å². The summed E-state index contributed by atoms with van der Waals surface area (Å²) in [6, 6.07) is 2.10. The van der Waals surface area contributed by atoms with Gasteiger partial charge in [0.25, 0.3) is 0 Å². The molecule has 0 spiro atoms. The SMILES string of the molecule is O=C(c1c(O)cc(O)cc1O)C1CC1. The lowest BCUT2D eigenvalue weighted by atomic mass is 10.0. The topological polar surface area (TPSA) is 77.8 Å². The fourth-order valence-corrected chi connectivity index (χ4v) is 1.40. The van der Waals surface area contributed by atoms with Gasteiger partial charge in [0.1, 0.15) is 22.8 Å². The van der Waals surface area contributed by atoms with Crippen molar-refractivity contribution >= 4 is 5.78 Å². The van der Waals surface area contributed by atoms with Crippen molar-refractivity contribution in [2.45, 2.75) is 12.8 Å². The molecule has 0 aliphatic heterocycles. The lowest BCUT2D eigenvalue weighted by Gasteiger charge is -2.05. The van der Waals surface area contributed by atoms with Crippen LogP contribution in [0.25, 0.3) is 0 Å². The van der Waals surface area contributed by atoms with Crippen molar-refractivity contribution in [1.82, 2.24) is 0 Å². The van der Waals surface area contributed by atoms with E-state index in [1.807, 2.05) is 0 Å². The predicted molar refractivity (Wildman–Crippen MR) is 48.5 cm³/mol. The minimum atomic E-state index is -0.362. The molecule has 2 rings (SSSR count). The van der Waals surface area contributed by atoms with Gasteiger partial charge in [-0.2, -0.15) is 0 Å². The van der Waals surface area contributed by atoms with Crippen LogP contribution in [-0.4, -0.2) is 21.1 Å². The quantitative estimate of drug-likeness (QED) is 0.622. The van der Waals surface area contributed by atoms with E-state index in [9.17, 15) is 15.0 Å². The van der Waals surface area contributed by atoms with Gasteiger partial charge in [0.05, 0.1) is 0 Å². The largest absolute Gasteiger partial charge is 0.508 e. The van der Waals surface area contributed by atoms with Gasteiger partial charge in [-0.05, 0) is 12.8 Å². The summed E-state index contributed by atoms with van der Waals surface area (Å²) in [5.41, 5.74) is -0.0784. The molecular formula is C10H10O4. The van der Waals surface area contributed by atoms with Crippen molar-refractivity contribution in [3.05, 3.63) is 17.7 Å². The second-order valence-electron chi connectivity index (χ2n) is 3.50. The first-order valence-corrected chi connectivity index (χ1v) is 4.38. The molecule has 1 aliphatic rings. The highest BCUT2D eigenvalue weighted by molar-refractivity contribution is 6.04. The highest BCUT2D eigenvalue weighted by Gasteiger charge is 2.33. The number of carbonyl (C=O) groups is 1. The van der Waals surface area contributed by atoms with Gasteiger partial charge in [-0.3, -0.25) is 4.79 Å². The van der Waals surface area contributed by atoms with Crippen LogP contribution in [-0.2, 0) is 0 Å². The molecular weight excluding hydrogens is 184 g/mol. The fourth-order valence-electron chi connectivity index (χ4n) is 1.40. The van der Waals surface area contributed by atoms with E-state index in [0.717, 1.165) is 25.0 Å². The summed E-state index contributed by atoms with van der Waals surface area (Å²) in [7, 11) is 0. The third-order valence-corrected chi connectivity index (χ3v) is 2.28. The van der Waals surface area contributed by atoms with E-state index in [1.165, 1.54) is 0 Å². The first kappa shape index (κ1) is 8.87. The standard InChI is InChI=1S/C10H10O4/c11-6-3-7(12)9(8(13)4-6)10(14)5-1-2-5/h3-5,11-13H,1-2H2. The van der Waals surface area contributed by atoms with Crippen molar-refractivity contribution in [3.8, 4) is 17.2 Å². The molecule has 3 N–H and O–H groups in total. The second-order valence-corrected chi connectivity index (χ2v) is 3.50. The van der Waals surface area contributed by atoms with Gasteiger partial charge in [0.2, 0.25) is 0 Å². The van der Waals surface area contributed by atoms with Crippen LogP contribution in [0.15, 0.2) is 12.1 Å². The Kier molecular flexibility index (Phi) is 1.84. The van der Waals surface area contributed by atoms with Gasteiger partial charge in [-0.1, -0.05) is 0 Å². The maximum absolute atomic E-state index is 11.6. The van der Waals surface area contributed by atoms with Crippen molar-refractivity contribution in [2.75, 3.05) is 0 Å². The molecule has 1 aliphatic carbocycles. The number of carbonyl (C=O) groups excluding carboxylic acids is 1. The summed E-state index contributed by atoms with van der Waals surface area (Å²) in [4.78, 5) is 11.6. The minimum absolute atomic E-state index is 0.0728. The molecule has 4 heteroatoms. The first-order valence-electron chi connectivity index (χ1n) is 4.38. The average Bonchev–Trinajstić information content (AvgIpc) is 2.83. The molecule has 0 bridgehead atoms. The van der Waals surface area contributed by atoms with E-state index in [-0.39, 0.29) is 34.5 Å². The Balaban J connectivity index is 2.45. The Bertz CT molecular complexity index is 370. The van der Waals surface area contributed by atoms with E-state index in [0.29, 0.717) is 0 Å². The highest BCUT2D eigenvalue weighted by Crippen LogP contribution is 2.39. The Morgan fingerprint density at radius 3 is 2.07 bits per heavy atom. The summed E-state index contributed by atoms with van der Waals surface area (Å²) < 4.78 is 0. The van der Waals surface area contributed by atoms with E-state index >= 15 is 0 Å². The molecule has 0 atom stereocenters. The van der Waals surface area contributed by atoms with Crippen LogP contribution >= 0.6 is 0 Å². The lowest BCUT2D eigenvalue weighted by Crippen LogP contribution is -2.01. The normalized spacial score (nSPS) is 15.4. The lowest BCUT2D eigenvalue weighted by molar-refractivity contribution is 0.0962. The number of benzene rings is 1. The number of Topliss-reactive ketones (excluding diaryl/α,β-unsaturated/α-hetero) is 1. The van der Waals surface area contributed by atoms with E-state index in [1.54, 1.807) is 0 Å². The number of hydrogen-bond donors (Lipinski definition) is 3. The molecule has 0 amide bonds. The summed E-state index contributed by atoms with van der Waals surface area (Å²) in [5, 5.41) is 27.8. The van der Waals surface area contributed by atoms with Crippen LogP contribution in [0, 0.1) is 5.92 Å². The maximum Gasteiger partial charge on any atom is 0.173 e. The van der Waals surface area contributed by atoms with Gasteiger partial charge in [0, 0.05) is 18.1 Å². The van der Waals surface area contributed by atoms with Crippen molar-refractivity contribution < 1.29 is 20.1 Å². The van der Waals surface area contributed by atoms with Crippen LogP contribution in [0.5, 0.6) is 17.2 Å². The molecule has 1 saturated carbocycles. The van der Waals surface area contributed by atoms with E-state index in [2.05, 4.69) is 0 Å². The third-order valence-electron chi connectivity index (χ3n) is 2.28. The molecule has 1 aromatic carbocycles. The zero-order valence-corrected chi connectivity index (χ0v) is 7.40. The van der Waals surface area contributed by atoms with Crippen molar-refractivity contribution in [1.29, 1.82) is 0 Å². The Hall–Kier alpha value is -1.71. The zero-order chi connectivity index (χ0) is 10.3. The average molecular weight is 194 g/mol. The Labute approximate surface area is 80.4 Å². The minimum Gasteiger partial charge on any atom is -0.508 e. The first-order chi connectivity index (χ1) is 6.59.